The molecular formula is C24H42O12. The van der Waals surface area contributed by atoms with Crippen LogP contribution in [0.4, 0.5) is 0 Å². The second kappa shape index (κ2) is 12.6. The van der Waals surface area contributed by atoms with Gasteiger partial charge in [0.25, 0.3) is 0 Å². The maximum atomic E-state index is 10.8. The van der Waals surface area contributed by atoms with Gasteiger partial charge in [-0.15, -0.1) is 0 Å². The molecule has 6 unspecified atom stereocenters. The molecule has 12 heteroatoms. The van der Waals surface area contributed by atoms with Crippen LogP contribution in [0.5, 0.6) is 0 Å². The van der Waals surface area contributed by atoms with Gasteiger partial charge in [-0.3, -0.25) is 0 Å². The molecule has 3 heterocycles. The Bertz CT molecular complexity index is 683. The fraction of sp³-hybridized carbons (Fsp3) is 1.00. The standard InChI is InChI=1S/C24H42O12/c1-11-5-3-7-14(20(11)36-23-19(30)18(29)16(27)12(2)32-23)34-24-22-21(17(28)15(10-26)35-24)33-13(9-25)6-4-8-31-22/h11-30H,3-10H2,1-2H3/t11-,12?,13-,14-,15?,16-,17+,18?,19+,20?,21?,22?,23+,24-/m1/s1. The van der Waals surface area contributed by atoms with Crippen molar-refractivity contribution in [2.75, 3.05) is 19.8 Å². The van der Waals surface area contributed by atoms with Crippen molar-refractivity contribution in [3.63, 3.8) is 0 Å². The van der Waals surface area contributed by atoms with Crippen molar-refractivity contribution in [1.82, 2.24) is 0 Å². The molecule has 1 saturated carbocycles. The average molecular weight is 523 g/mol. The van der Waals surface area contributed by atoms with Crippen LogP contribution in [-0.2, 0) is 28.4 Å². The first kappa shape index (κ1) is 28.5. The molecule has 4 rings (SSSR count). The van der Waals surface area contributed by atoms with Gasteiger partial charge in [-0.2, -0.15) is 0 Å². The molecule has 36 heavy (non-hydrogen) atoms. The third-order valence-corrected chi connectivity index (χ3v) is 7.82. The highest BCUT2D eigenvalue weighted by atomic mass is 16.7. The molecule has 0 aromatic rings. The second-order valence-electron chi connectivity index (χ2n) is 10.5. The normalized spacial score (nSPS) is 50.7. The zero-order valence-corrected chi connectivity index (χ0v) is 20.9. The van der Waals surface area contributed by atoms with Crippen LogP contribution in [0.25, 0.3) is 0 Å². The molecule has 0 aromatic carbocycles. The van der Waals surface area contributed by atoms with Crippen LogP contribution < -0.4 is 0 Å². The number of aliphatic hydroxyl groups is 6. The Morgan fingerprint density at radius 2 is 1.50 bits per heavy atom. The number of ether oxygens (including phenoxy) is 6. The Hall–Kier alpha value is -0.480. The minimum absolute atomic E-state index is 0.0192. The van der Waals surface area contributed by atoms with E-state index in [1.807, 2.05) is 6.92 Å². The van der Waals surface area contributed by atoms with Gasteiger partial charge >= 0.3 is 0 Å². The molecule has 210 valence electrons. The molecule has 0 amide bonds. The number of hydrogen-bond donors (Lipinski definition) is 6. The lowest BCUT2D eigenvalue weighted by molar-refractivity contribution is -0.355. The molecule has 1 aliphatic carbocycles. The lowest BCUT2D eigenvalue weighted by Crippen LogP contribution is -2.63. The van der Waals surface area contributed by atoms with E-state index in [4.69, 9.17) is 28.4 Å². The van der Waals surface area contributed by atoms with E-state index in [1.165, 1.54) is 0 Å². The molecule has 0 aromatic heterocycles. The third-order valence-electron chi connectivity index (χ3n) is 7.82. The number of aliphatic hydroxyl groups excluding tert-OH is 6. The van der Waals surface area contributed by atoms with Crippen LogP contribution in [0, 0.1) is 5.92 Å². The first-order valence-corrected chi connectivity index (χ1v) is 13.1. The van der Waals surface area contributed by atoms with Crippen LogP contribution in [0.3, 0.4) is 0 Å². The summed E-state index contributed by atoms with van der Waals surface area (Å²) in [5.41, 5.74) is 0. The lowest BCUT2D eigenvalue weighted by atomic mass is 9.85. The molecule has 0 radical (unpaired) electrons. The molecule has 6 N–H and O–H groups in total. The zero-order chi connectivity index (χ0) is 26.0. The first-order chi connectivity index (χ1) is 17.2. The van der Waals surface area contributed by atoms with Gasteiger partial charge in [0.2, 0.25) is 0 Å². The van der Waals surface area contributed by atoms with Gasteiger partial charge in [-0.25, -0.2) is 0 Å². The Morgan fingerprint density at radius 1 is 0.722 bits per heavy atom. The smallest absolute Gasteiger partial charge is 0.187 e. The van der Waals surface area contributed by atoms with E-state index in [-0.39, 0.29) is 12.5 Å². The van der Waals surface area contributed by atoms with Gasteiger partial charge in [0.1, 0.15) is 42.7 Å². The van der Waals surface area contributed by atoms with Gasteiger partial charge in [-0.05, 0) is 38.5 Å². The molecule has 4 aliphatic rings. The van der Waals surface area contributed by atoms with Crippen molar-refractivity contribution >= 4 is 0 Å². The number of rotatable bonds is 6. The largest absolute Gasteiger partial charge is 0.394 e. The fourth-order valence-electron chi connectivity index (χ4n) is 5.59. The van der Waals surface area contributed by atoms with Crippen LogP contribution in [0.1, 0.15) is 46.0 Å². The van der Waals surface area contributed by atoms with E-state index < -0.39 is 86.3 Å². The van der Waals surface area contributed by atoms with Crippen LogP contribution in [-0.4, -0.2) is 130 Å². The Morgan fingerprint density at radius 3 is 2.22 bits per heavy atom. The fourth-order valence-corrected chi connectivity index (χ4v) is 5.59. The Balaban J connectivity index is 1.51. The third kappa shape index (κ3) is 6.05. The van der Waals surface area contributed by atoms with Gasteiger partial charge < -0.3 is 59.1 Å². The molecular weight excluding hydrogens is 480 g/mol. The van der Waals surface area contributed by atoms with Gasteiger partial charge in [0.05, 0.1) is 37.6 Å². The van der Waals surface area contributed by atoms with Crippen molar-refractivity contribution in [1.29, 1.82) is 0 Å². The predicted molar refractivity (Wildman–Crippen MR) is 122 cm³/mol. The predicted octanol–water partition coefficient (Wildman–Crippen LogP) is -1.59. The maximum absolute atomic E-state index is 10.8. The molecule has 14 atom stereocenters. The first-order valence-electron chi connectivity index (χ1n) is 13.1. The van der Waals surface area contributed by atoms with Gasteiger partial charge in [0, 0.05) is 6.61 Å². The summed E-state index contributed by atoms with van der Waals surface area (Å²) in [6, 6.07) is 0. The van der Waals surface area contributed by atoms with Crippen molar-refractivity contribution in [3.8, 4) is 0 Å². The van der Waals surface area contributed by atoms with Crippen molar-refractivity contribution in [2.24, 2.45) is 5.92 Å². The summed E-state index contributed by atoms with van der Waals surface area (Å²) in [5, 5.41) is 61.0. The summed E-state index contributed by atoms with van der Waals surface area (Å²) >= 11 is 0. The van der Waals surface area contributed by atoms with E-state index in [9.17, 15) is 30.6 Å². The van der Waals surface area contributed by atoms with E-state index in [1.54, 1.807) is 6.92 Å². The molecule has 3 aliphatic heterocycles. The van der Waals surface area contributed by atoms with Crippen LogP contribution >= 0.6 is 0 Å². The minimum Gasteiger partial charge on any atom is -0.394 e. The Kier molecular flexibility index (Phi) is 9.97. The molecule has 0 bridgehead atoms. The van der Waals surface area contributed by atoms with E-state index >= 15 is 0 Å². The minimum atomic E-state index is -1.44. The summed E-state index contributed by atoms with van der Waals surface area (Å²) in [6.45, 7) is 3.29. The summed E-state index contributed by atoms with van der Waals surface area (Å²) < 4.78 is 36.1. The lowest BCUT2D eigenvalue weighted by Gasteiger charge is -2.48. The highest BCUT2D eigenvalue weighted by Gasteiger charge is 2.51. The quantitative estimate of drug-likeness (QED) is 0.236. The average Bonchev–Trinajstić information content (AvgIpc) is 2.85. The van der Waals surface area contributed by atoms with Crippen LogP contribution in [0.2, 0.25) is 0 Å². The van der Waals surface area contributed by atoms with Gasteiger partial charge in [0.15, 0.2) is 12.6 Å². The summed E-state index contributed by atoms with van der Waals surface area (Å²) in [7, 11) is 0. The van der Waals surface area contributed by atoms with E-state index in [2.05, 4.69) is 0 Å². The highest BCUT2D eigenvalue weighted by Crippen LogP contribution is 2.36. The summed E-state index contributed by atoms with van der Waals surface area (Å²) in [6.07, 6.45) is -8.77. The highest BCUT2D eigenvalue weighted by molar-refractivity contribution is 4.95. The number of hydrogen-bond acceptors (Lipinski definition) is 12. The zero-order valence-electron chi connectivity index (χ0n) is 20.9. The molecule has 12 nitrogen and oxygen atoms in total. The Labute approximate surface area is 211 Å². The SMILES string of the molecule is CC1O[C@@H](OC2[C@H](C)CCC[C@H]2O[C@@H]2OC(CO)[C@H](O)C3O[C@@H](CO)CCCOC32)[C@@H](O)C(O)[C@@H]1O. The molecule has 4 fully saturated rings. The molecule has 0 spiro atoms. The number of fused-ring (bicyclic) bond motifs is 1. The summed E-state index contributed by atoms with van der Waals surface area (Å²) in [4.78, 5) is 0. The van der Waals surface area contributed by atoms with E-state index in [0.29, 0.717) is 25.9 Å². The van der Waals surface area contributed by atoms with Crippen molar-refractivity contribution < 1.29 is 59.1 Å². The maximum Gasteiger partial charge on any atom is 0.187 e. The van der Waals surface area contributed by atoms with Crippen LogP contribution in [0.15, 0.2) is 0 Å². The van der Waals surface area contributed by atoms with Crippen molar-refractivity contribution in [2.45, 2.75) is 126 Å². The monoisotopic (exact) mass is 522 g/mol. The molecule has 3 saturated heterocycles. The van der Waals surface area contributed by atoms with Crippen molar-refractivity contribution in [3.05, 3.63) is 0 Å². The van der Waals surface area contributed by atoms with Gasteiger partial charge in [-0.1, -0.05) is 13.3 Å². The van der Waals surface area contributed by atoms with E-state index in [0.717, 1.165) is 12.8 Å². The second-order valence-corrected chi connectivity index (χ2v) is 10.5. The summed E-state index contributed by atoms with van der Waals surface area (Å²) in [5.74, 6) is 0.0192. The topological polar surface area (TPSA) is 177 Å².